The second-order valence-electron chi connectivity index (χ2n) is 6.92. The third kappa shape index (κ3) is 4.27. The number of hydrogen-bond acceptors (Lipinski definition) is 3. The number of rotatable bonds is 5. The van der Waals surface area contributed by atoms with Crippen LogP contribution in [0.5, 0.6) is 0 Å². The molecule has 4 nitrogen and oxygen atoms in total. The summed E-state index contributed by atoms with van der Waals surface area (Å²) in [7, 11) is 0. The van der Waals surface area contributed by atoms with E-state index in [1.54, 1.807) is 0 Å². The Labute approximate surface area is 146 Å². The van der Waals surface area contributed by atoms with Gasteiger partial charge in [-0.05, 0) is 55.7 Å². The van der Waals surface area contributed by atoms with Crippen LogP contribution in [0.3, 0.4) is 0 Å². The minimum absolute atomic E-state index is 0.163. The van der Waals surface area contributed by atoms with Gasteiger partial charge in [0.2, 0.25) is 5.91 Å². The summed E-state index contributed by atoms with van der Waals surface area (Å²) in [6.45, 7) is 1.39. The van der Waals surface area contributed by atoms with Crippen LogP contribution in [-0.4, -0.2) is 25.0 Å². The quantitative estimate of drug-likeness (QED) is 0.688. The van der Waals surface area contributed by atoms with E-state index in [1.807, 2.05) is 24.3 Å². The molecule has 126 valence electrons. The first kappa shape index (κ1) is 16.8. The molecule has 5 heteroatoms. The van der Waals surface area contributed by atoms with Gasteiger partial charge in [0.1, 0.15) is 0 Å². The standard InChI is InChI=1S/C18H26BrN3O/c19-15-5-2-6-16(11-15)21-7-8-22-18(23)14-9-12-3-1-4-13(10-14)17(12)20/h2,5-6,11-14,17,21H,1,3-4,7-10,20H2,(H,22,23). The predicted octanol–water partition coefficient (Wildman–Crippen LogP) is 3.13. The maximum absolute atomic E-state index is 12.4. The van der Waals surface area contributed by atoms with E-state index in [0.717, 1.165) is 29.5 Å². The number of anilines is 1. The summed E-state index contributed by atoms with van der Waals surface area (Å²) in [6, 6.07) is 8.38. The first-order chi connectivity index (χ1) is 11.1. The largest absolute Gasteiger partial charge is 0.383 e. The zero-order valence-corrected chi connectivity index (χ0v) is 15.0. The molecule has 2 aliphatic carbocycles. The molecule has 2 saturated carbocycles. The molecule has 2 atom stereocenters. The van der Waals surface area contributed by atoms with E-state index in [2.05, 4.69) is 26.6 Å². The van der Waals surface area contributed by atoms with Crippen LogP contribution in [-0.2, 0) is 4.79 Å². The Morgan fingerprint density at radius 2 is 1.96 bits per heavy atom. The van der Waals surface area contributed by atoms with Crippen LogP contribution in [0.25, 0.3) is 0 Å². The first-order valence-corrected chi connectivity index (χ1v) is 9.45. The van der Waals surface area contributed by atoms with Gasteiger partial charge < -0.3 is 16.4 Å². The van der Waals surface area contributed by atoms with Crippen molar-refractivity contribution in [2.24, 2.45) is 23.5 Å². The molecule has 2 fully saturated rings. The zero-order valence-electron chi connectivity index (χ0n) is 13.4. The maximum atomic E-state index is 12.4. The maximum Gasteiger partial charge on any atom is 0.223 e. The lowest BCUT2D eigenvalue weighted by molar-refractivity contribution is -0.127. The Morgan fingerprint density at radius 1 is 1.22 bits per heavy atom. The Bertz CT molecular complexity index is 537. The van der Waals surface area contributed by atoms with Crippen molar-refractivity contribution >= 4 is 27.5 Å². The highest BCUT2D eigenvalue weighted by Gasteiger charge is 2.40. The summed E-state index contributed by atoms with van der Waals surface area (Å²) in [5, 5.41) is 6.41. The van der Waals surface area contributed by atoms with Crippen LogP contribution in [0.15, 0.2) is 28.7 Å². The molecule has 4 N–H and O–H groups in total. The van der Waals surface area contributed by atoms with Crippen molar-refractivity contribution in [2.75, 3.05) is 18.4 Å². The second kappa shape index (κ2) is 7.67. The van der Waals surface area contributed by atoms with Crippen LogP contribution < -0.4 is 16.4 Å². The number of amides is 1. The van der Waals surface area contributed by atoms with Crippen molar-refractivity contribution in [1.29, 1.82) is 0 Å². The highest BCUT2D eigenvalue weighted by Crippen LogP contribution is 2.41. The summed E-state index contributed by atoms with van der Waals surface area (Å²) in [5.41, 5.74) is 7.36. The van der Waals surface area contributed by atoms with Crippen molar-refractivity contribution in [3.8, 4) is 0 Å². The molecule has 0 saturated heterocycles. The number of carbonyl (C=O) groups is 1. The van der Waals surface area contributed by atoms with Gasteiger partial charge in [0.15, 0.2) is 0 Å². The lowest BCUT2D eigenvalue weighted by Gasteiger charge is -2.43. The molecular weight excluding hydrogens is 354 g/mol. The van der Waals surface area contributed by atoms with Gasteiger partial charge in [-0.2, -0.15) is 0 Å². The number of carbonyl (C=O) groups excluding carboxylic acids is 1. The zero-order chi connectivity index (χ0) is 16.2. The Hall–Kier alpha value is -1.07. The minimum atomic E-state index is 0.163. The molecule has 1 aromatic carbocycles. The molecule has 0 aromatic heterocycles. The molecule has 0 spiro atoms. The van der Waals surface area contributed by atoms with Gasteiger partial charge in [-0.25, -0.2) is 0 Å². The van der Waals surface area contributed by atoms with Crippen molar-refractivity contribution in [3.05, 3.63) is 28.7 Å². The van der Waals surface area contributed by atoms with Gasteiger partial charge in [0, 0.05) is 35.2 Å². The average Bonchev–Trinajstić information content (AvgIpc) is 2.51. The fourth-order valence-electron chi connectivity index (χ4n) is 4.14. The van der Waals surface area contributed by atoms with Crippen molar-refractivity contribution in [3.63, 3.8) is 0 Å². The van der Waals surface area contributed by atoms with Crippen molar-refractivity contribution in [2.45, 2.75) is 38.1 Å². The molecule has 2 bridgehead atoms. The van der Waals surface area contributed by atoms with Gasteiger partial charge >= 0.3 is 0 Å². The van der Waals surface area contributed by atoms with Gasteiger partial charge in [0.25, 0.3) is 0 Å². The molecule has 2 aliphatic rings. The molecule has 1 amide bonds. The molecule has 0 heterocycles. The molecule has 23 heavy (non-hydrogen) atoms. The third-order valence-electron chi connectivity index (χ3n) is 5.36. The van der Waals surface area contributed by atoms with E-state index < -0.39 is 0 Å². The lowest BCUT2D eigenvalue weighted by atomic mass is 9.65. The van der Waals surface area contributed by atoms with E-state index in [0.29, 0.717) is 24.4 Å². The summed E-state index contributed by atoms with van der Waals surface area (Å²) >= 11 is 3.45. The molecule has 2 unspecified atom stereocenters. The average molecular weight is 380 g/mol. The van der Waals surface area contributed by atoms with Gasteiger partial charge in [-0.15, -0.1) is 0 Å². The Kier molecular flexibility index (Phi) is 5.59. The Balaban J connectivity index is 1.41. The number of nitrogens with two attached hydrogens (primary N) is 1. The number of hydrogen-bond donors (Lipinski definition) is 3. The lowest BCUT2D eigenvalue weighted by Crippen LogP contribution is -2.49. The minimum Gasteiger partial charge on any atom is -0.383 e. The Morgan fingerprint density at radius 3 is 2.65 bits per heavy atom. The van der Waals surface area contributed by atoms with Crippen LogP contribution >= 0.6 is 15.9 Å². The normalized spacial score (nSPS) is 29.8. The fraction of sp³-hybridized carbons (Fsp3) is 0.611. The monoisotopic (exact) mass is 379 g/mol. The molecule has 1 aromatic rings. The van der Waals surface area contributed by atoms with E-state index in [-0.39, 0.29) is 11.8 Å². The fourth-order valence-corrected chi connectivity index (χ4v) is 4.54. The summed E-state index contributed by atoms with van der Waals surface area (Å²) < 4.78 is 1.05. The van der Waals surface area contributed by atoms with E-state index in [4.69, 9.17) is 5.73 Å². The molecule has 0 radical (unpaired) electrons. The molecular formula is C18H26BrN3O. The van der Waals surface area contributed by atoms with Crippen LogP contribution in [0, 0.1) is 17.8 Å². The topological polar surface area (TPSA) is 67.2 Å². The number of benzene rings is 1. The van der Waals surface area contributed by atoms with E-state index >= 15 is 0 Å². The van der Waals surface area contributed by atoms with E-state index in [1.165, 1.54) is 19.3 Å². The summed E-state index contributed by atoms with van der Waals surface area (Å²) in [6.07, 6.45) is 5.64. The number of fused-ring (bicyclic) bond motifs is 2. The summed E-state index contributed by atoms with van der Waals surface area (Å²) in [5.74, 6) is 1.48. The van der Waals surface area contributed by atoms with Crippen LogP contribution in [0.4, 0.5) is 5.69 Å². The predicted molar refractivity (Wildman–Crippen MR) is 97.2 cm³/mol. The SMILES string of the molecule is NC1C2CCCC1CC(C(=O)NCCNc1cccc(Br)c1)C2. The number of halogens is 1. The summed E-state index contributed by atoms with van der Waals surface area (Å²) in [4.78, 5) is 12.4. The van der Waals surface area contributed by atoms with Crippen LogP contribution in [0.2, 0.25) is 0 Å². The first-order valence-electron chi connectivity index (χ1n) is 8.66. The van der Waals surface area contributed by atoms with Gasteiger partial charge in [-0.3, -0.25) is 4.79 Å². The number of nitrogens with one attached hydrogen (secondary N) is 2. The smallest absolute Gasteiger partial charge is 0.223 e. The van der Waals surface area contributed by atoms with Crippen molar-refractivity contribution in [1.82, 2.24) is 5.32 Å². The highest BCUT2D eigenvalue weighted by molar-refractivity contribution is 9.10. The van der Waals surface area contributed by atoms with Crippen LogP contribution in [0.1, 0.15) is 32.1 Å². The van der Waals surface area contributed by atoms with Gasteiger partial charge in [0.05, 0.1) is 0 Å². The molecule has 0 aliphatic heterocycles. The second-order valence-corrected chi connectivity index (χ2v) is 7.84. The highest BCUT2D eigenvalue weighted by atomic mass is 79.9. The van der Waals surface area contributed by atoms with E-state index in [9.17, 15) is 4.79 Å². The van der Waals surface area contributed by atoms with Gasteiger partial charge in [-0.1, -0.05) is 28.4 Å². The van der Waals surface area contributed by atoms with Crippen molar-refractivity contribution < 1.29 is 4.79 Å². The molecule has 3 rings (SSSR count). The third-order valence-corrected chi connectivity index (χ3v) is 5.86.